The number of aromatic nitrogens is 3. The Kier molecular flexibility index (Phi) is 7.60. The van der Waals surface area contributed by atoms with Crippen LogP contribution in [0.1, 0.15) is 5.82 Å². The lowest BCUT2D eigenvalue weighted by atomic mass is 10.3. The van der Waals surface area contributed by atoms with Gasteiger partial charge in [0.25, 0.3) is 0 Å². The lowest BCUT2D eigenvalue weighted by Crippen LogP contribution is -2.17. The van der Waals surface area contributed by atoms with Crippen molar-refractivity contribution in [3.8, 4) is 0 Å². The van der Waals surface area contributed by atoms with E-state index in [1.807, 2.05) is 0 Å². The third kappa shape index (κ3) is 6.12. The van der Waals surface area contributed by atoms with Crippen LogP contribution in [0.15, 0.2) is 47.6 Å². The maximum absolute atomic E-state index is 12.3. The summed E-state index contributed by atoms with van der Waals surface area (Å²) >= 11 is 18.9. The average Bonchev–Trinajstić information content (AvgIpc) is 3.02. The van der Waals surface area contributed by atoms with E-state index in [2.05, 4.69) is 20.8 Å². The average molecular weight is 485 g/mol. The molecular weight excluding hydrogens is 469 g/mol. The van der Waals surface area contributed by atoms with Gasteiger partial charge in [0.05, 0.1) is 22.2 Å². The molecule has 0 aliphatic heterocycles. The number of hydrogen-bond donors (Lipinski definition) is 2. The van der Waals surface area contributed by atoms with E-state index >= 15 is 0 Å². The molecule has 7 nitrogen and oxygen atoms in total. The van der Waals surface area contributed by atoms with Gasteiger partial charge in [0, 0.05) is 23.4 Å². The Hall–Kier alpha value is -2.26. The molecule has 30 heavy (non-hydrogen) atoms. The molecule has 3 aromatic rings. The highest BCUT2D eigenvalue weighted by Gasteiger charge is 2.15. The fourth-order valence-corrected chi connectivity index (χ4v) is 3.66. The number of carbonyl (C=O) groups is 2. The molecule has 0 spiro atoms. The summed E-state index contributed by atoms with van der Waals surface area (Å²) in [6, 6.07) is 11.7. The summed E-state index contributed by atoms with van der Waals surface area (Å²) < 4.78 is 1.67. The Bertz CT molecular complexity index is 1090. The summed E-state index contributed by atoms with van der Waals surface area (Å²) in [6.07, 6.45) is 0.0129. The Morgan fingerprint density at radius 1 is 0.967 bits per heavy atom. The molecule has 1 aromatic heterocycles. The van der Waals surface area contributed by atoms with Crippen LogP contribution < -0.4 is 10.6 Å². The quantitative estimate of drug-likeness (QED) is 0.475. The number of carbonyl (C=O) groups excluding carboxylic acids is 2. The number of rotatable bonds is 7. The van der Waals surface area contributed by atoms with Crippen LogP contribution in [-0.4, -0.2) is 32.3 Å². The predicted molar refractivity (Wildman–Crippen MR) is 121 cm³/mol. The molecule has 1 heterocycles. The number of benzene rings is 2. The first kappa shape index (κ1) is 22.4. The highest BCUT2D eigenvalue weighted by atomic mass is 35.5. The van der Waals surface area contributed by atoms with E-state index in [1.165, 1.54) is 11.8 Å². The van der Waals surface area contributed by atoms with Crippen LogP contribution in [0.25, 0.3) is 0 Å². The van der Waals surface area contributed by atoms with Crippen molar-refractivity contribution in [1.29, 1.82) is 0 Å². The lowest BCUT2D eigenvalue weighted by Gasteiger charge is -2.07. The molecule has 0 saturated carbocycles. The number of nitrogens with one attached hydrogen (secondary N) is 2. The van der Waals surface area contributed by atoms with Crippen molar-refractivity contribution >= 4 is 69.8 Å². The molecule has 0 aliphatic carbocycles. The van der Waals surface area contributed by atoms with Crippen molar-refractivity contribution in [3.63, 3.8) is 0 Å². The van der Waals surface area contributed by atoms with Gasteiger partial charge in [0.15, 0.2) is 5.16 Å². The number of thioether (sulfide) groups is 1. The van der Waals surface area contributed by atoms with Gasteiger partial charge in [-0.15, -0.1) is 10.2 Å². The molecule has 3 rings (SSSR count). The summed E-state index contributed by atoms with van der Waals surface area (Å²) in [5, 5.41) is 15.4. The van der Waals surface area contributed by atoms with E-state index in [4.69, 9.17) is 34.8 Å². The summed E-state index contributed by atoms with van der Waals surface area (Å²) in [5.41, 5.74) is 1.15. The van der Waals surface area contributed by atoms with Crippen molar-refractivity contribution in [3.05, 3.63) is 63.4 Å². The van der Waals surface area contributed by atoms with E-state index in [0.717, 1.165) is 0 Å². The third-order valence-corrected chi connectivity index (χ3v) is 5.88. The van der Waals surface area contributed by atoms with Crippen LogP contribution in [0.4, 0.5) is 11.4 Å². The molecule has 0 atom stereocenters. The molecule has 2 amide bonds. The maximum atomic E-state index is 12.3. The summed E-state index contributed by atoms with van der Waals surface area (Å²) in [5.74, 6) is 0.113. The van der Waals surface area contributed by atoms with Gasteiger partial charge in [0.2, 0.25) is 11.8 Å². The number of halogens is 3. The molecule has 2 aromatic carbocycles. The van der Waals surface area contributed by atoms with Gasteiger partial charge in [-0.3, -0.25) is 9.59 Å². The summed E-state index contributed by atoms with van der Waals surface area (Å²) in [7, 11) is 1.74. The van der Waals surface area contributed by atoms with E-state index < -0.39 is 0 Å². The highest BCUT2D eigenvalue weighted by molar-refractivity contribution is 7.99. The molecule has 0 bridgehead atoms. The largest absolute Gasteiger partial charge is 0.326 e. The Balaban J connectivity index is 1.54. The lowest BCUT2D eigenvalue weighted by molar-refractivity contribution is -0.116. The fourth-order valence-electron chi connectivity index (χ4n) is 2.44. The van der Waals surface area contributed by atoms with Crippen LogP contribution in [0, 0.1) is 0 Å². The van der Waals surface area contributed by atoms with E-state index in [1.54, 1.807) is 54.1 Å². The third-order valence-electron chi connectivity index (χ3n) is 3.89. The number of anilines is 2. The number of amides is 2. The Morgan fingerprint density at radius 2 is 1.70 bits per heavy atom. The molecule has 11 heteroatoms. The summed E-state index contributed by atoms with van der Waals surface area (Å²) in [6.45, 7) is 0. The van der Waals surface area contributed by atoms with Gasteiger partial charge in [-0.1, -0.05) is 52.6 Å². The zero-order valence-electron chi connectivity index (χ0n) is 15.7. The second kappa shape index (κ2) is 10.2. The van der Waals surface area contributed by atoms with Crippen molar-refractivity contribution in [2.75, 3.05) is 16.4 Å². The van der Waals surface area contributed by atoms with Crippen molar-refractivity contribution in [2.45, 2.75) is 11.6 Å². The first-order valence-corrected chi connectivity index (χ1v) is 10.7. The van der Waals surface area contributed by atoms with Crippen LogP contribution in [0.5, 0.6) is 0 Å². The minimum Gasteiger partial charge on any atom is -0.326 e. The fraction of sp³-hybridized carbons (Fsp3) is 0.158. The van der Waals surface area contributed by atoms with Gasteiger partial charge in [-0.2, -0.15) is 0 Å². The topological polar surface area (TPSA) is 88.9 Å². The van der Waals surface area contributed by atoms with E-state index in [9.17, 15) is 9.59 Å². The molecule has 0 saturated heterocycles. The van der Waals surface area contributed by atoms with E-state index in [-0.39, 0.29) is 24.0 Å². The number of nitrogens with zero attached hydrogens (tertiary/aromatic N) is 3. The Morgan fingerprint density at radius 3 is 2.43 bits per heavy atom. The van der Waals surface area contributed by atoms with Crippen LogP contribution in [0.3, 0.4) is 0 Å². The minimum absolute atomic E-state index is 0.0129. The first-order chi connectivity index (χ1) is 14.3. The molecule has 0 fully saturated rings. The molecular formula is C19H16Cl3N5O2S. The van der Waals surface area contributed by atoms with Gasteiger partial charge in [-0.25, -0.2) is 0 Å². The maximum Gasteiger partial charge on any atom is 0.234 e. The molecule has 0 unspecified atom stereocenters. The zero-order chi connectivity index (χ0) is 21.7. The van der Waals surface area contributed by atoms with Crippen LogP contribution >= 0.6 is 46.6 Å². The highest BCUT2D eigenvalue weighted by Crippen LogP contribution is 2.25. The SMILES string of the molecule is Cn1c(CC(=O)Nc2ccc(Cl)c(Cl)c2)nnc1SCC(=O)Nc1cccc(Cl)c1. The van der Waals surface area contributed by atoms with E-state index in [0.29, 0.717) is 37.4 Å². The normalized spacial score (nSPS) is 10.7. The van der Waals surface area contributed by atoms with Crippen molar-refractivity contribution in [2.24, 2.45) is 7.05 Å². The molecule has 0 radical (unpaired) electrons. The van der Waals surface area contributed by atoms with Gasteiger partial charge in [0.1, 0.15) is 5.82 Å². The second-order valence-corrected chi connectivity index (χ2v) is 8.35. The predicted octanol–water partition coefficient (Wildman–Crippen LogP) is 4.69. The zero-order valence-corrected chi connectivity index (χ0v) is 18.7. The monoisotopic (exact) mass is 483 g/mol. The van der Waals surface area contributed by atoms with Gasteiger partial charge >= 0.3 is 0 Å². The molecule has 2 N–H and O–H groups in total. The van der Waals surface area contributed by atoms with Crippen LogP contribution in [-0.2, 0) is 23.1 Å². The van der Waals surface area contributed by atoms with Gasteiger partial charge in [-0.05, 0) is 36.4 Å². The van der Waals surface area contributed by atoms with Crippen LogP contribution in [0.2, 0.25) is 15.1 Å². The second-order valence-electron chi connectivity index (χ2n) is 6.16. The Labute approximate surface area is 192 Å². The first-order valence-electron chi connectivity index (χ1n) is 8.63. The van der Waals surface area contributed by atoms with Gasteiger partial charge < -0.3 is 15.2 Å². The molecule has 156 valence electrons. The van der Waals surface area contributed by atoms with Crippen molar-refractivity contribution < 1.29 is 9.59 Å². The molecule has 0 aliphatic rings. The minimum atomic E-state index is -0.279. The summed E-state index contributed by atoms with van der Waals surface area (Å²) in [4.78, 5) is 24.4. The number of hydrogen-bond acceptors (Lipinski definition) is 5. The standard InChI is InChI=1S/C19H16Cl3N5O2S/c1-27-16(9-17(28)23-13-5-6-14(21)15(22)8-13)25-26-19(27)30-10-18(29)24-12-4-2-3-11(20)7-12/h2-8H,9-10H2,1H3,(H,23,28)(H,24,29). The smallest absolute Gasteiger partial charge is 0.234 e. The van der Waals surface area contributed by atoms with Crippen molar-refractivity contribution in [1.82, 2.24) is 14.8 Å².